The van der Waals surface area contributed by atoms with Crippen molar-refractivity contribution in [2.24, 2.45) is 5.14 Å². The number of sulfonamides is 1. The molecule has 2 aromatic heterocycles. The van der Waals surface area contributed by atoms with Crippen LogP contribution >= 0.6 is 11.3 Å². The molecule has 0 unspecified atom stereocenters. The Morgan fingerprint density at radius 3 is 2.88 bits per heavy atom. The summed E-state index contributed by atoms with van der Waals surface area (Å²) < 4.78 is 22.8. The highest BCUT2D eigenvalue weighted by atomic mass is 32.2. The molecule has 0 aromatic carbocycles. The highest BCUT2D eigenvalue weighted by molar-refractivity contribution is 7.91. The Balaban J connectivity index is 1.65. The van der Waals surface area contributed by atoms with Crippen LogP contribution in [0, 0.1) is 0 Å². The molecule has 3 rings (SSSR count). The van der Waals surface area contributed by atoms with Gasteiger partial charge in [-0.1, -0.05) is 0 Å². The van der Waals surface area contributed by atoms with Crippen molar-refractivity contribution in [1.82, 2.24) is 20.2 Å². The number of anilines is 1. The van der Waals surface area contributed by atoms with Gasteiger partial charge in [0.2, 0.25) is 16.0 Å². The third-order valence-corrected chi connectivity index (χ3v) is 5.93. The summed E-state index contributed by atoms with van der Waals surface area (Å²) in [4.78, 5) is 22.3. The van der Waals surface area contributed by atoms with Gasteiger partial charge < -0.3 is 15.5 Å². The summed E-state index contributed by atoms with van der Waals surface area (Å²) in [6.45, 7) is 2.42. The van der Waals surface area contributed by atoms with Gasteiger partial charge in [-0.3, -0.25) is 0 Å². The van der Waals surface area contributed by atoms with Crippen molar-refractivity contribution < 1.29 is 13.2 Å². The molecule has 128 valence electrons. The number of rotatable bonds is 6. The van der Waals surface area contributed by atoms with E-state index in [0.29, 0.717) is 42.7 Å². The van der Waals surface area contributed by atoms with E-state index in [4.69, 9.17) is 5.14 Å². The minimum Gasteiger partial charge on any atom is -0.352 e. The van der Waals surface area contributed by atoms with Gasteiger partial charge >= 0.3 is 6.03 Å². The number of aromatic nitrogens is 2. The third kappa shape index (κ3) is 3.80. The molecule has 1 aliphatic heterocycles. The van der Waals surface area contributed by atoms with Crippen molar-refractivity contribution in [1.29, 1.82) is 0 Å². The van der Waals surface area contributed by atoms with Crippen LogP contribution in [0.15, 0.2) is 28.6 Å². The highest BCUT2D eigenvalue weighted by Crippen LogP contribution is 2.29. The number of hydrogen-bond acceptors (Lipinski definition) is 7. The maximum atomic E-state index is 11.4. The van der Waals surface area contributed by atoms with Crippen molar-refractivity contribution in [3.05, 3.63) is 24.4 Å². The quantitative estimate of drug-likeness (QED) is 0.672. The first-order valence-electron chi connectivity index (χ1n) is 7.16. The van der Waals surface area contributed by atoms with Crippen LogP contribution in [-0.4, -0.2) is 55.5 Å². The number of carbonyl (C=O) groups excluding carboxylic acids is 1. The van der Waals surface area contributed by atoms with Crippen LogP contribution in [0.3, 0.4) is 0 Å². The lowest BCUT2D eigenvalue weighted by molar-refractivity contribution is 0.219. The van der Waals surface area contributed by atoms with Crippen molar-refractivity contribution in [3.8, 4) is 10.6 Å². The van der Waals surface area contributed by atoms with Gasteiger partial charge in [-0.05, 0) is 18.2 Å². The van der Waals surface area contributed by atoms with E-state index in [1.165, 1.54) is 6.07 Å². The van der Waals surface area contributed by atoms with E-state index in [9.17, 15) is 13.2 Å². The molecular formula is C13H16N6O3S2. The Bertz CT molecular complexity index is 851. The fourth-order valence-corrected chi connectivity index (χ4v) is 3.92. The molecule has 24 heavy (non-hydrogen) atoms. The van der Waals surface area contributed by atoms with E-state index >= 15 is 0 Å². The highest BCUT2D eigenvalue weighted by Gasteiger charge is 2.18. The van der Waals surface area contributed by atoms with E-state index in [1.807, 2.05) is 0 Å². The topological polar surface area (TPSA) is 130 Å². The van der Waals surface area contributed by atoms with Crippen LogP contribution in [0.5, 0.6) is 0 Å². The monoisotopic (exact) mass is 368 g/mol. The molecule has 1 aliphatic rings. The standard InChI is InChI=1S/C13H16N6O3S2/c14-24(21,22)11-2-1-10(23-11)9-3-4-15-12(18-9)16-5-7-19-8-6-17-13(19)20/h1-4H,5-8H2,(H,17,20)(H2,14,21,22)(H,15,16,18). The molecule has 3 heterocycles. The molecule has 0 aliphatic carbocycles. The molecule has 11 heteroatoms. The van der Waals surface area contributed by atoms with E-state index in [-0.39, 0.29) is 10.2 Å². The van der Waals surface area contributed by atoms with Crippen LogP contribution in [-0.2, 0) is 10.0 Å². The summed E-state index contributed by atoms with van der Waals surface area (Å²) in [7, 11) is -3.71. The second kappa shape index (κ2) is 6.71. The number of nitrogens with zero attached hydrogens (tertiary/aromatic N) is 3. The van der Waals surface area contributed by atoms with Gasteiger partial charge in [0.05, 0.1) is 10.6 Å². The van der Waals surface area contributed by atoms with Crippen LogP contribution < -0.4 is 15.8 Å². The summed E-state index contributed by atoms with van der Waals surface area (Å²) in [6.07, 6.45) is 1.59. The van der Waals surface area contributed by atoms with Gasteiger partial charge in [-0.15, -0.1) is 11.3 Å². The normalized spacial score (nSPS) is 14.7. The summed E-state index contributed by atoms with van der Waals surface area (Å²) in [5.74, 6) is 0.415. The second-order valence-electron chi connectivity index (χ2n) is 5.07. The molecule has 0 saturated carbocycles. The van der Waals surface area contributed by atoms with Crippen molar-refractivity contribution >= 4 is 33.3 Å². The van der Waals surface area contributed by atoms with Gasteiger partial charge in [0.25, 0.3) is 0 Å². The Labute approximate surface area is 143 Å². The fourth-order valence-electron chi connectivity index (χ4n) is 2.22. The lowest BCUT2D eigenvalue weighted by atomic mass is 10.3. The average Bonchev–Trinajstić information content (AvgIpc) is 3.17. The Morgan fingerprint density at radius 1 is 1.38 bits per heavy atom. The fraction of sp³-hybridized carbons (Fsp3) is 0.308. The largest absolute Gasteiger partial charge is 0.352 e. The molecule has 1 fully saturated rings. The minimum atomic E-state index is -3.71. The number of nitrogens with two attached hydrogens (primary N) is 1. The Hall–Kier alpha value is -2.24. The minimum absolute atomic E-state index is 0.0689. The summed E-state index contributed by atoms with van der Waals surface area (Å²) in [5.41, 5.74) is 0.603. The van der Waals surface area contributed by atoms with Crippen LogP contribution in [0.2, 0.25) is 0 Å². The first-order chi connectivity index (χ1) is 11.4. The first kappa shape index (κ1) is 16.6. The van der Waals surface area contributed by atoms with Crippen molar-refractivity contribution in [3.63, 3.8) is 0 Å². The zero-order valence-corrected chi connectivity index (χ0v) is 14.2. The molecule has 0 spiro atoms. The maximum absolute atomic E-state index is 11.4. The number of thiophene rings is 1. The molecule has 0 atom stereocenters. The predicted molar refractivity (Wildman–Crippen MR) is 90.2 cm³/mol. The van der Waals surface area contributed by atoms with Gasteiger partial charge in [0.1, 0.15) is 4.21 Å². The molecular weight excluding hydrogens is 352 g/mol. The van der Waals surface area contributed by atoms with Crippen molar-refractivity contribution in [2.45, 2.75) is 4.21 Å². The first-order valence-corrected chi connectivity index (χ1v) is 9.52. The molecule has 2 aromatic rings. The number of nitrogens with one attached hydrogen (secondary N) is 2. The summed E-state index contributed by atoms with van der Waals surface area (Å²) in [5, 5.41) is 10.9. The molecule has 0 bridgehead atoms. The smallest absolute Gasteiger partial charge is 0.317 e. The Morgan fingerprint density at radius 2 is 2.21 bits per heavy atom. The zero-order valence-electron chi connectivity index (χ0n) is 12.6. The number of primary sulfonamides is 1. The Kier molecular flexibility index (Phi) is 4.64. The molecule has 1 saturated heterocycles. The van der Waals surface area contributed by atoms with Crippen LogP contribution in [0.1, 0.15) is 0 Å². The van der Waals surface area contributed by atoms with Gasteiger partial charge in [-0.2, -0.15) is 0 Å². The predicted octanol–water partition coefficient (Wildman–Crippen LogP) is 0.290. The summed E-state index contributed by atoms with van der Waals surface area (Å²) >= 11 is 1.05. The lowest BCUT2D eigenvalue weighted by Crippen LogP contribution is -2.32. The average molecular weight is 368 g/mol. The maximum Gasteiger partial charge on any atom is 0.317 e. The van der Waals surface area contributed by atoms with Gasteiger partial charge in [-0.25, -0.2) is 28.3 Å². The van der Waals surface area contributed by atoms with Crippen LogP contribution in [0.25, 0.3) is 10.6 Å². The SMILES string of the molecule is NS(=O)(=O)c1ccc(-c2ccnc(NCCN3CCNC3=O)n2)s1. The lowest BCUT2D eigenvalue weighted by Gasteiger charge is -2.14. The van der Waals surface area contributed by atoms with Crippen molar-refractivity contribution in [2.75, 3.05) is 31.5 Å². The second-order valence-corrected chi connectivity index (χ2v) is 7.95. The number of urea groups is 1. The number of amides is 2. The number of carbonyl (C=O) groups is 1. The third-order valence-electron chi connectivity index (χ3n) is 3.38. The van der Waals surface area contributed by atoms with E-state index in [0.717, 1.165) is 11.3 Å². The molecule has 0 radical (unpaired) electrons. The molecule has 2 amide bonds. The number of hydrogen-bond donors (Lipinski definition) is 3. The zero-order chi connectivity index (χ0) is 17.2. The summed E-state index contributed by atoms with van der Waals surface area (Å²) in [6, 6.07) is 4.74. The van der Waals surface area contributed by atoms with E-state index in [2.05, 4.69) is 20.6 Å². The van der Waals surface area contributed by atoms with Crippen LogP contribution in [0.4, 0.5) is 10.7 Å². The van der Waals surface area contributed by atoms with Gasteiger partial charge in [0, 0.05) is 32.4 Å². The molecule has 9 nitrogen and oxygen atoms in total. The van der Waals surface area contributed by atoms with Gasteiger partial charge in [0.15, 0.2) is 0 Å². The van der Waals surface area contributed by atoms with E-state index < -0.39 is 10.0 Å². The molecule has 4 N–H and O–H groups in total. The van der Waals surface area contributed by atoms with E-state index in [1.54, 1.807) is 23.2 Å².